The summed E-state index contributed by atoms with van der Waals surface area (Å²) in [4.78, 5) is 12.6. The van der Waals surface area contributed by atoms with E-state index in [1.807, 2.05) is 0 Å². The Balaban J connectivity index is 1.75. The van der Waals surface area contributed by atoms with Crippen LogP contribution in [0, 0.1) is 0 Å². The van der Waals surface area contributed by atoms with Gasteiger partial charge in [-0.3, -0.25) is 9.10 Å². The number of methoxy groups -OCH3 is 1. The van der Waals surface area contributed by atoms with Crippen molar-refractivity contribution in [2.45, 2.75) is 13.0 Å². The molecule has 0 saturated carbocycles. The van der Waals surface area contributed by atoms with Crippen molar-refractivity contribution in [3.05, 3.63) is 46.4 Å². The molecule has 0 radical (unpaired) electrons. The molecular weight excluding hydrogens is 478 g/mol. The van der Waals surface area contributed by atoms with E-state index in [4.69, 9.17) is 14.2 Å². The number of rotatable bonds is 7. The summed E-state index contributed by atoms with van der Waals surface area (Å²) in [6.07, 6.45) is 2.46. The third-order valence-corrected chi connectivity index (χ3v) is 6.21. The first-order valence-corrected chi connectivity index (χ1v) is 11.4. The van der Waals surface area contributed by atoms with Gasteiger partial charge in [0.1, 0.15) is 11.8 Å². The van der Waals surface area contributed by atoms with E-state index in [9.17, 15) is 13.2 Å². The Morgan fingerprint density at radius 2 is 1.90 bits per heavy atom. The third-order valence-electron chi connectivity index (χ3n) is 4.29. The molecule has 160 valence electrons. The predicted octanol–water partition coefficient (Wildman–Crippen LogP) is 2.49. The lowest BCUT2D eigenvalue weighted by atomic mass is 10.2. The van der Waals surface area contributed by atoms with Crippen molar-refractivity contribution < 1.29 is 27.4 Å². The first kappa shape index (κ1) is 21.9. The Morgan fingerprint density at radius 1 is 1.27 bits per heavy atom. The highest BCUT2D eigenvalue weighted by atomic mass is 79.9. The minimum absolute atomic E-state index is 0.142. The molecular formula is C19H20BrN3O6S. The molecule has 1 aliphatic heterocycles. The van der Waals surface area contributed by atoms with Crippen molar-refractivity contribution >= 4 is 43.8 Å². The Bertz CT molecular complexity index is 1070. The molecule has 0 aliphatic carbocycles. The smallest absolute Gasteiger partial charge is 0.263 e. The summed E-state index contributed by atoms with van der Waals surface area (Å²) >= 11 is 3.40. The van der Waals surface area contributed by atoms with Crippen LogP contribution in [0.4, 0.5) is 5.69 Å². The Morgan fingerprint density at radius 3 is 2.50 bits per heavy atom. The van der Waals surface area contributed by atoms with Gasteiger partial charge in [-0.05, 0) is 59.3 Å². The molecule has 2 aromatic rings. The number of nitrogens with zero attached hydrogens (tertiary/aromatic N) is 2. The maximum absolute atomic E-state index is 12.6. The van der Waals surface area contributed by atoms with Gasteiger partial charge in [-0.15, -0.1) is 0 Å². The summed E-state index contributed by atoms with van der Waals surface area (Å²) in [5.41, 5.74) is 3.37. The number of hydrogen-bond acceptors (Lipinski definition) is 7. The van der Waals surface area contributed by atoms with Crippen LogP contribution >= 0.6 is 15.9 Å². The highest BCUT2D eigenvalue weighted by molar-refractivity contribution is 9.10. The zero-order valence-electron chi connectivity index (χ0n) is 16.5. The molecule has 0 aromatic heterocycles. The second-order valence-corrected chi connectivity index (χ2v) is 9.11. The monoisotopic (exact) mass is 497 g/mol. The number of halogens is 1. The van der Waals surface area contributed by atoms with Gasteiger partial charge in [0.05, 0.1) is 25.3 Å². The molecule has 2 aromatic carbocycles. The molecule has 0 saturated heterocycles. The number of fused-ring (bicyclic) bond motifs is 1. The number of nitrogens with one attached hydrogen (secondary N) is 1. The van der Waals surface area contributed by atoms with Crippen LogP contribution in [0.1, 0.15) is 12.5 Å². The Kier molecular flexibility index (Phi) is 6.52. The second-order valence-electron chi connectivity index (χ2n) is 6.39. The number of ether oxygens (including phenoxy) is 3. The van der Waals surface area contributed by atoms with E-state index in [1.54, 1.807) is 36.4 Å². The van der Waals surface area contributed by atoms with Crippen molar-refractivity contribution in [1.82, 2.24) is 5.43 Å². The Labute approximate surface area is 182 Å². The van der Waals surface area contributed by atoms with Crippen molar-refractivity contribution in [3.8, 4) is 17.2 Å². The van der Waals surface area contributed by atoms with Crippen molar-refractivity contribution in [2.24, 2.45) is 5.10 Å². The van der Waals surface area contributed by atoms with E-state index < -0.39 is 22.0 Å². The summed E-state index contributed by atoms with van der Waals surface area (Å²) in [5, 5.41) is 3.94. The van der Waals surface area contributed by atoms with E-state index in [0.717, 1.165) is 10.6 Å². The molecule has 0 spiro atoms. The maximum atomic E-state index is 12.6. The fourth-order valence-corrected chi connectivity index (χ4v) is 4.43. The summed E-state index contributed by atoms with van der Waals surface area (Å²) < 4.78 is 42.1. The summed E-state index contributed by atoms with van der Waals surface area (Å²) in [6.45, 7) is 1.62. The van der Waals surface area contributed by atoms with Gasteiger partial charge >= 0.3 is 0 Å². The van der Waals surface area contributed by atoms with Gasteiger partial charge in [-0.2, -0.15) is 5.10 Å². The number of sulfonamides is 1. The minimum atomic E-state index is -3.73. The van der Waals surface area contributed by atoms with Crippen LogP contribution in [-0.2, 0) is 14.8 Å². The van der Waals surface area contributed by atoms with Crippen molar-refractivity contribution in [1.29, 1.82) is 0 Å². The molecule has 0 fully saturated rings. The molecule has 30 heavy (non-hydrogen) atoms. The van der Waals surface area contributed by atoms with E-state index >= 15 is 0 Å². The van der Waals surface area contributed by atoms with Crippen LogP contribution in [0.3, 0.4) is 0 Å². The van der Waals surface area contributed by atoms with E-state index in [0.29, 0.717) is 33.0 Å². The number of amides is 1. The van der Waals surface area contributed by atoms with Crippen LogP contribution in [0.5, 0.6) is 17.2 Å². The molecule has 1 amide bonds. The average molecular weight is 498 g/mol. The second kappa shape index (κ2) is 8.92. The fourth-order valence-electron chi connectivity index (χ4n) is 2.83. The lowest BCUT2D eigenvalue weighted by Gasteiger charge is -2.27. The van der Waals surface area contributed by atoms with Crippen LogP contribution in [0.25, 0.3) is 0 Å². The standard InChI is InChI=1S/C19H20BrN3O6S/c1-12(23(30(3,25)26)14-4-6-15(27-2)7-5-14)19(24)22-21-10-13-8-17-18(9-16(13)20)29-11-28-17/h4-10,12H,11H2,1-3H3,(H,22,24)/b21-10-/t12-/m0/s1. The zero-order chi connectivity index (χ0) is 21.9. The van der Waals surface area contributed by atoms with Gasteiger partial charge < -0.3 is 14.2 Å². The topological polar surface area (TPSA) is 107 Å². The van der Waals surface area contributed by atoms with Gasteiger partial charge in [0.15, 0.2) is 11.5 Å². The van der Waals surface area contributed by atoms with Crippen LogP contribution in [0.15, 0.2) is 46.0 Å². The van der Waals surface area contributed by atoms with Crippen molar-refractivity contribution in [3.63, 3.8) is 0 Å². The predicted molar refractivity (Wildman–Crippen MR) is 116 cm³/mol. The molecule has 1 atom stereocenters. The van der Waals surface area contributed by atoms with E-state index in [1.165, 1.54) is 20.2 Å². The summed E-state index contributed by atoms with van der Waals surface area (Å²) in [6, 6.07) is 8.79. The quantitative estimate of drug-likeness (QED) is 0.465. The largest absolute Gasteiger partial charge is 0.497 e. The molecule has 3 rings (SSSR count). The molecule has 9 nitrogen and oxygen atoms in total. The molecule has 11 heteroatoms. The van der Waals surface area contributed by atoms with E-state index in [-0.39, 0.29) is 6.79 Å². The highest BCUT2D eigenvalue weighted by Gasteiger charge is 2.29. The van der Waals surface area contributed by atoms with Crippen LogP contribution < -0.4 is 23.9 Å². The van der Waals surface area contributed by atoms with Gasteiger partial charge in [-0.25, -0.2) is 13.8 Å². The highest BCUT2D eigenvalue weighted by Crippen LogP contribution is 2.36. The summed E-state index contributed by atoms with van der Waals surface area (Å²) in [7, 11) is -2.22. The number of hydrazone groups is 1. The average Bonchev–Trinajstić information content (AvgIpc) is 3.14. The Hall–Kier alpha value is -2.79. The van der Waals surface area contributed by atoms with Gasteiger partial charge in [0.25, 0.3) is 5.91 Å². The number of carbonyl (C=O) groups excluding carboxylic acids is 1. The molecule has 0 unspecified atom stereocenters. The first-order chi connectivity index (χ1) is 14.2. The van der Waals surface area contributed by atoms with Gasteiger partial charge in [0.2, 0.25) is 16.8 Å². The van der Waals surface area contributed by atoms with E-state index in [2.05, 4.69) is 26.5 Å². The normalized spacial score (nSPS) is 13.9. The molecule has 0 bridgehead atoms. The molecule has 1 heterocycles. The van der Waals surface area contributed by atoms with Crippen LogP contribution in [0.2, 0.25) is 0 Å². The number of benzene rings is 2. The zero-order valence-corrected chi connectivity index (χ0v) is 18.9. The fraction of sp³-hybridized carbons (Fsp3) is 0.263. The maximum Gasteiger partial charge on any atom is 0.263 e. The number of hydrogen-bond donors (Lipinski definition) is 1. The van der Waals surface area contributed by atoms with Crippen molar-refractivity contribution in [2.75, 3.05) is 24.5 Å². The third kappa shape index (κ3) is 4.85. The van der Waals surface area contributed by atoms with Gasteiger partial charge in [-0.1, -0.05) is 0 Å². The SMILES string of the molecule is COc1ccc(N([C@@H](C)C(=O)N/N=C\c2cc3c(cc2Br)OCO3)S(C)(=O)=O)cc1. The molecule has 1 N–H and O–H groups in total. The summed E-state index contributed by atoms with van der Waals surface area (Å²) in [5.74, 6) is 1.16. The number of carbonyl (C=O) groups is 1. The number of anilines is 1. The lowest BCUT2D eigenvalue weighted by molar-refractivity contribution is -0.121. The lowest BCUT2D eigenvalue weighted by Crippen LogP contribution is -2.46. The van der Waals surface area contributed by atoms with Gasteiger partial charge in [0, 0.05) is 10.0 Å². The minimum Gasteiger partial charge on any atom is -0.497 e. The van der Waals surface area contributed by atoms with Crippen LogP contribution in [-0.4, -0.2) is 46.7 Å². The first-order valence-electron chi connectivity index (χ1n) is 8.76. The molecule has 1 aliphatic rings.